The summed E-state index contributed by atoms with van der Waals surface area (Å²) >= 11 is 1.94. The number of nitrogens with zero attached hydrogens (tertiary/aromatic N) is 2. The van der Waals surface area contributed by atoms with E-state index in [4.69, 9.17) is 0 Å². The second-order valence-corrected chi connectivity index (χ2v) is 27.5. The highest BCUT2D eigenvalue weighted by atomic mass is 32.1. The summed E-state index contributed by atoms with van der Waals surface area (Å²) in [6.45, 7) is 31.5. The van der Waals surface area contributed by atoms with Crippen LogP contribution in [-0.4, -0.2) is 6.71 Å². The summed E-state index contributed by atoms with van der Waals surface area (Å²) in [5.41, 5.74) is 26.9. The molecule has 0 unspecified atom stereocenters. The van der Waals surface area contributed by atoms with Crippen LogP contribution < -0.4 is 26.2 Å². The normalized spacial score (nSPS) is 17.7. The largest absolute Gasteiger partial charge is 0.311 e. The summed E-state index contributed by atoms with van der Waals surface area (Å²) in [7, 11) is 0. The van der Waals surface area contributed by atoms with Crippen molar-refractivity contribution in [1.82, 2.24) is 0 Å². The van der Waals surface area contributed by atoms with E-state index in [2.05, 4.69) is 245 Å². The zero-order chi connectivity index (χ0) is 51.6. The lowest BCUT2D eigenvalue weighted by atomic mass is 9.33. The molecule has 2 aliphatic carbocycles. The van der Waals surface area contributed by atoms with Gasteiger partial charge in [0.15, 0.2) is 0 Å². The van der Waals surface area contributed by atoms with E-state index in [1.165, 1.54) is 145 Å². The molecule has 370 valence electrons. The van der Waals surface area contributed by atoms with Crippen molar-refractivity contribution in [1.29, 1.82) is 0 Å². The van der Waals surface area contributed by atoms with Gasteiger partial charge in [-0.2, -0.15) is 0 Å². The fraction of sp³-hybridized carbons (Fsp3) is 0.314. The summed E-state index contributed by atoms with van der Waals surface area (Å²) in [5, 5.41) is 2.71. The molecule has 13 rings (SSSR count). The maximum absolute atomic E-state index is 2.73. The maximum atomic E-state index is 2.73. The predicted octanol–water partition coefficient (Wildman–Crippen LogP) is 18.1. The Morgan fingerprint density at radius 2 is 1.01 bits per heavy atom. The average molecular weight is 983 g/mol. The molecule has 4 aliphatic rings. The van der Waals surface area contributed by atoms with Crippen LogP contribution in [0, 0.1) is 13.8 Å². The third kappa shape index (κ3) is 7.09. The van der Waals surface area contributed by atoms with Crippen molar-refractivity contribution in [2.24, 2.45) is 0 Å². The quantitative estimate of drug-likeness (QED) is 0.162. The van der Waals surface area contributed by atoms with E-state index < -0.39 is 0 Å². The third-order valence-corrected chi connectivity index (χ3v) is 19.7. The van der Waals surface area contributed by atoms with Crippen LogP contribution in [0.3, 0.4) is 0 Å². The van der Waals surface area contributed by atoms with Gasteiger partial charge in [0, 0.05) is 48.8 Å². The Balaban J connectivity index is 1.21. The Labute approximate surface area is 445 Å². The fourth-order valence-corrected chi connectivity index (χ4v) is 15.1. The molecule has 0 saturated carbocycles. The van der Waals surface area contributed by atoms with Crippen molar-refractivity contribution in [3.63, 3.8) is 0 Å². The molecule has 1 aromatic heterocycles. The van der Waals surface area contributed by atoms with Gasteiger partial charge in [0.2, 0.25) is 0 Å². The number of rotatable bonds is 4. The first kappa shape index (κ1) is 47.4. The molecule has 74 heavy (non-hydrogen) atoms. The van der Waals surface area contributed by atoms with E-state index >= 15 is 0 Å². The van der Waals surface area contributed by atoms with Crippen LogP contribution in [0.2, 0.25) is 0 Å². The van der Waals surface area contributed by atoms with Gasteiger partial charge in [-0.05, 0) is 199 Å². The lowest BCUT2D eigenvalue weighted by molar-refractivity contribution is 0.332. The topological polar surface area (TPSA) is 6.48 Å². The molecular formula is C70H71BN2S. The summed E-state index contributed by atoms with van der Waals surface area (Å²) in [6.07, 6.45) is 4.67. The third-order valence-electron chi connectivity index (χ3n) is 18.6. The van der Waals surface area contributed by atoms with Crippen molar-refractivity contribution in [2.75, 3.05) is 9.80 Å². The Morgan fingerprint density at radius 1 is 0.446 bits per heavy atom. The van der Waals surface area contributed by atoms with Gasteiger partial charge in [0.05, 0.1) is 5.69 Å². The second-order valence-electron chi connectivity index (χ2n) is 26.4. The molecule has 0 amide bonds. The number of hydrogen-bond donors (Lipinski definition) is 0. The van der Waals surface area contributed by atoms with E-state index in [1.807, 2.05) is 11.3 Å². The molecule has 3 heterocycles. The van der Waals surface area contributed by atoms with E-state index in [9.17, 15) is 0 Å². The van der Waals surface area contributed by atoms with Crippen LogP contribution in [0.25, 0.3) is 42.4 Å². The van der Waals surface area contributed by atoms with Gasteiger partial charge in [-0.15, -0.1) is 11.3 Å². The molecule has 0 bridgehead atoms. The minimum absolute atomic E-state index is 0.0217. The molecule has 0 saturated heterocycles. The Morgan fingerprint density at radius 3 is 1.69 bits per heavy atom. The number of benzene rings is 8. The fourth-order valence-electron chi connectivity index (χ4n) is 14.0. The highest BCUT2D eigenvalue weighted by Gasteiger charge is 2.48. The number of anilines is 6. The van der Waals surface area contributed by atoms with Gasteiger partial charge in [0.25, 0.3) is 6.71 Å². The molecule has 2 nitrogen and oxygen atoms in total. The molecule has 8 aromatic carbocycles. The van der Waals surface area contributed by atoms with Crippen molar-refractivity contribution < 1.29 is 0 Å². The lowest BCUT2D eigenvalue weighted by Crippen LogP contribution is -2.62. The Kier molecular flexibility index (Phi) is 10.3. The van der Waals surface area contributed by atoms with Crippen molar-refractivity contribution in [3.05, 3.63) is 185 Å². The molecule has 0 fully saturated rings. The first-order valence-corrected chi connectivity index (χ1v) is 28.3. The summed E-state index contributed by atoms with van der Waals surface area (Å²) in [5.74, 6) is 0. The highest BCUT2D eigenvalue weighted by Crippen LogP contribution is 2.54. The van der Waals surface area contributed by atoms with Crippen molar-refractivity contribution in [3.8, 4) is 22.3 Å². The van der Waals surface area contributed by atoms with Gasteiger partial charge in [0.1, 0.15) is 0 Å². The first-order valence-electron chi connectivity index (χ1n) is 27.5. The molecule has 9 aromatic rings. The monoisotopic (exact) mass is 983 g/mol. The molecule has 2 aliphatic heterocycles. The van der Waals surface area contributed by atoms with Crippen LogP contribution in [0.5, 0.6) is 0 Å². The van der Waals surface area contributed by atoms with Gasteiger partial charge in [-0.1, -0.05) is 167 Å². The van der Waals surface area contributed by atoms with Crippen LogP contribution in [0.4, 0.5) is 34.1 Å². The smallest absolute Gasteiger partial charge is 0.252 e. The van der Waals surface area contributed by atoms with Gasteiger partial charge >= 0.3 is 0 Å². The van der Waals surface area contributed by atoms with Gasteiger partial charge < -0.3 is 9.80 Å². The minimum Gasteiger partial charge on any atom is -0.311 e. The Hall–Kier alpha value is -6.36. The molecule has 0 N–H and O–H groups in total. The number of hydrogen-bond acceptors (Lipinski definition) is 3. The van der Waals surface area contributed by atoms with E-state index in [1.54, 1.807) is 0 Å². The number of thiophene rings is 1. The van der Waals surface area contributed by atoms with E-state index in [0.717, 1.165) is 12.8 Å². The number of aryl methyl sites for hydroxylation is 2. The SMILES string of the molecule is Cc1cccc(C)c1-c1cc2c3c(c1)N(c1ccccc1-c1ccccc1)c1cc4sc5ccc(C(C)(C)C)cc5c4cc1B3c1cc3c(cc1N2c1ccc2c(c1)C(C)(C)CCC2(C)C)C(C)(C)CCC3(C)C. The van der Waals surface area contributed by atoms with Gasteiger partial charge in [-0.3, -0.25) is 0 Å². The summed E-state index contributed by atoms with van der Waals surface area (Å²) < 4.78 is 2.67. The molecular weight excluding hydrogens is 912 g/mol. The lowest BCUT2D eigenvalue weighted by Gasteiger charge is -2.48. The molecule has 0 radical (unpaired) electrons. The van der Waals surface area contributed by atoms with Crippen LogP contribution in [-0.2, 0) is 27.1 Å². The second kappa shape index (κ2) is 16.1. The predicted molar refractivity (Wildman–Crippen MR) is 323 cm³/mol. The number of fused-ring (bicyclic) bond motifs is 9. The maximum Gasteiger partial charge on any atom is 0.252 e. The summed E-state index contributed by atoms with van der Waals surface area (Å²) in [4.78, 5) is 5.42. The molecule has 0 atom stereocenters. The molecule has 4 heteroatoms. The standard InChI is InChI=1S/C70H71BN2S/c1-42-20-19-21-43(2)64(42)45-34-60-65-61(35-45)73(57-25-18-17-24-48(57)44-22-15-14-16-23-44)59-41-63-50(49-36-46(66(3,4)5)26-29-62(49)74-63)38-55(59)71(65)56-39-53-54(70(12,13)33-32-69(53,10)11)40-58(56)72(60)47-27-28-51-52(37-47)68(8,9)31-30-67(51,6)7/h14-29,34-41H,30-33H2,1-13H3. The van der Waals surface area contributed by atoms with E-state index in [0.29, 0.717) is 0 Å². The van der Waals surface area contributed by atoms with Crippen molar-refractivity contribution >= 4 is 88.7 Å². The summed E-state index contributed by atoms with van der Waals surface area (Å²) in [6, 6.07) is 57.7. The van der Waals surface area contributed by atoms with E-state index in [-0.39, 0.29) is 33.8 Å². The Bertz CT molecular complexity index is 3800. The number of para-hydroxylation sites is 1. The zero-order valence-electron chi connectivity index (χ0n) is 46.1. The van der Waals surface area contributed by atoms with Crippen molar-refractivity contribution in [2.45, 2.75) is 143 Å². The average Bonchev–Trinajstić information content (AvgIpc) is 3.76. The highest BCUT2D eigenvalue weighted by molar-refractivity contribution is 7.26. The van der Waals surface area contributed by atoms with Crippen LogP contribution in [0.1, 0.15) is 141 Å². The molecule has 0 spiro atoms. The minimum atomic E-state index is -0.0299. The van der Waals surface area contributed by atoms with Crippen LogP contribution in [0.15, 0.2) is 146 Å². The van der Waals surface area contributed by atoms with Crippen LogP contribution >= 0.6 is 11.3 Å². The first-order chi connectivity index (χ1) is 35.1. The zero-order valence-corrected chi connectivity index (χ0v) is 46.9. The van der Waals surface area contributed by atoms with Gasteiger partial charge in [-0.25, -0.2) is 0 Å².